The van der Waals surface area contributed by atoms with Crippen LogP contribution in [0.25, 0.3) is 5.70 Å². The summed E-state index contributed by atoms with van der Waals surface area (Å²) in [7, 11) is 1.73. The molecule has 0 spiro atoms. The first kappa shape index (κ1) is 18.6. The third-order valence-electron chi connectivity index (χ3n) is 4.75. The van der Waals surface area contributed by atoms with Crippen molar-refractivity contribution in [3.05, 3.63) is 64.2 Å². The van der Waals surface area contributed by atoms with Crippen molar-refractivity contribution in [2.75, 3.05) is 30.4 Å². The summed E-state index contributed by atoms with van der Waals surface area (Å²) in [4.78, 5) is 29.5. The predicted octanol–water partition coefficient (Wildman–Crippen LogP) is 2.09. The van der Waals surface area contributed by atoms with Crippen LogP contribution in [-0.2, 0) is 0 Å². The standard InChI is InChI=1S/C20H25N5O2/c1-22-18(12-21)15-11-17(20(27)23-13-15)24-19(26)14-5-7-16(8-6-14)25-9-3-2-4-10-25/h5-8,11-13,22H,2-4,9-10,21H2,1H3,(H,23,27)(H,24,26)/b18-12-. The Kier molecular flexibility index (Phi) is 5.80. The number of amides is 1. The van der Waals surface area contributed by atoms with E-state index in [1.807, 2.05) is 12.1 Å². The average Bonchev–Trinajstić information content (AvgIpc) is 2.72. The number of piperidine rings is 1. The van der Waals surface area contributed by atoms with E-state index in [9.17, 15) is 9.59 Å². The molecule has 0 saturated carbocycles. The molecule has 1 aliphatic rings. The Morgan fingerprint density at radius 1 is 1.15 bits per heavy atom. The monoisotopic (exact) mass is 367 g/mol. The summed E-state index contributed by atoms with van der Waals surface area (Å²) in [6.45, 7) is 2.10. The molecule has 1 aromatic carbocycles. The van der Waals surface area contributed by atoms with Gasteiger partial charge in [-0.3, -0.25) is 9.59 Å². The molecule has 1 saturated heterocycles. The van der Waals surface area contributed by atoms with Gasteiger partial charge in [0.15, 0.2) is 0 Å². The van der Waals surface area contributed by atoms with Crippen molar-refractivity contribution in [1.82, 2.24) is 10.3 Å². The van der Waals surface area contributed by atoms with Crippen LogP contribution in [0.5, 0.6) is 0 Å². The number of nitrogens with zero attached hydrogens (tertiary/aromatic N) is 1. The first-order valence-corrected chi connectivity index (χ1v) is 9.11. The summed E-state index contributed by atoms with van der Waals surface area (Å²) in [5.41, 5.74) is 8.31. The van der Waals surface area contributed by atoms with Crippen molar-refractivity contribution in [1.29, 1.82) is 0 Å². The van der Waals surface area contributed by atoms with Gasteiger partial charge in [0.05, 0.1) is 5.70 Å². The summed E-state index contributed by atoms with van der Waals surface area (Å²) < 4.78 is 0. The topological polar surface area (TPSA) is 103 Å². The summed E-state index contributed by atoms with van der Waals surface area (Å²) >= 11 is 0. The Morgan fingerprint density at radius 2 is 1.85 bits per heavy atom. The molecule has 1 fully saturated rings. The van der Waals surface area contributed by atoms with Gasteiger partial charge >= 0.3 is 0 Å². The van der Waals surface area contributed by atoms with Crippen molar-refractivity contribution < 1.29 is 4.79 Å². The van der Waals surface area contributed by atoms with Gasteiger partial charge in [-0.15, -0.1) is 0 Å². The number of hydrogen-bond donors (Lipinski definition) is 4. The maximum absolute atomic E-state index is 12.5. The molecular weight excluding hydrogens is 342 g/mol. The van der Waals surface area contributed by atoms with Gasteiger partial charge in [0.25, 0.3) is 11.5 Å². The molecule has 0 atom stereocenters. The second-order valence-electron chi connectivity index (χ2n) is 6.51. The van der Waals surface area contributed by atoms with E-state index in [4.69, 9.17) is 5.73 Å². The van der Waals surface area contributed by atoms with Crippen molar-refractivity contribution in [3.63, 3.8) is 0 Å². The lowest BCUT2D eigenvalue weighted by Crippen LogP contribution is -2.29. The SMILES string of the molecule is CN/C(=C\N)c1c[nH]c(=O)c(NC(=O)c2ccc(N3CCCCC3)cc2)c1. The van der Waals surface area contributed by atoms with Crippen LogP contribution >= 0.6 is 0 Å². The van der Waals surface area contributed by atoms with Crippen LogP contribution in [0.1, 0.15) is 35.2 Å². The molecule has 5 N–H and O–H groups in total. The zero-order chi connectivity index (χ0) is 19.2. The van der Waals surface area contributed by atoms with Crippen LogP contribution in [0.4, 0.5) is 11.4 Å². The van der Waals surface area contributed by atoms with Crippen LogP contribution in [-0.4, -0.2) is 31.0 Å². The summed E-state index contributed by atoms with van der Waals surface area (Å²) in [5.74, 6) is -0.328. The fourth-order valence-corrected chi connectivity index (χ4v) is 3.23. The molecule has 0 aliphatic carbocycles. The highest BCUT2D eigenvalue weighted by Gasteiger charge is 2.13. The quantitative estimate of drug-likeness (QED) is 0.648. The minimum atomic E-state index is -0.371. The normalized spacial score (nSPS) is 14.7. The third-order valence-corrected chi connectivity index (χ3v) is 4.75. The number of carbonyl (C=O) groups excluding carboxylic acids is 1. The maximum Gasteiger partial charge on any atom is 0.271 e. The molecule has 7 nitrogen and oxygen atoms in total. The molecule has 27 heavy (non-hydrogen) atoms. The molecule has 7 heteroatoms. The van der Waals surface area contributed by atoms with Crippen LogP contribution < -0.4 is 26.8 Å². The van der Waals surface area contributed by atoms with Crippen LogP contribution in [0, 0.1) is 0 Å². The van der Waals surface area contributed by atoms with E-state index in [0.717, 1.165) is 18.8 Å². The molecule has 1 amide bonds. The number of aromatic nitrogens is 1. The van der Waals surface area contributed by atoms with E-state index >= 15 is 0 Å². The Balaban J connectivity index is 1.75. The minimum absolute atomic E-state index is 0.173. The number of nitrogens with one attached hydrogen (secondary N) is 3. The number of H-pyrrole nitrogens is 1. The van der Waals surface area contributed by atoms with Crippen molar-refractivity contribution >= 4 is 23.0 Å². The summed E-state index contributed by atoms with van der Waals surface area (Å²) in [5, 5.41) is 5.61. The molecule has 0 bridgehead atoms. The first-order valence-electron chi connectivity index (χ1n) is 9.11. The Bertz CT molecular complexity index is 880. The molecule has 0 unspecified atom stereocenters. The van der Waals surface area contributed by atoms with Crippen molar-refractivity contribution in [2.45, 2.75) is 19.3 Å². The molecule has 142 valence electrons. The van der Waals surface area contributed by atoms with Crippen LogP contribution in [0.15, 0.2) is 47.5 Å². The van der Waals surface area contributed by atoms with E-state index in [-0.39, 0.29) is 17.2 Å². The molecule has 2 heterocycles. The van der Waals surface area contributed by atoms with Gasteiger partial charge in [0.1, 0.15) is 5.69 Å². The van der Waals surface area contributed by atoms with Gasteiger partial charge in [0, 0.05) is 49.3 Å². The lowest BCUT2D eigenvalue weighted by Gasteiger charge is -2.28. The third kappa shape index (κ3) is 4.31. The zero-order valence-electron chi connectivity index (χ0n) is 15.4. The van der Waals surface area contributed by atoms with E-state index in [2.05, 4.69) is 20.5 Å². The summed E-state index contributed by atoms with van der Waals surface area (Å²) in [6.07, 6.45) is 6.62. The zero-order valence-corrected chi connectivity index (χ0v) is 15.4. The number of aromatic amines is 1. The molecule has 1 aliphatic heterocycles. The Morgan fingerprint density at radius 3 is 2.48 bits per heavy atom. The Labute approximate surface area is 158 Å². The molecule has 2 aromatic rings. The van der Waals surface area contributed by atoms with E-state index in [1.54, 1.807) is 31.4 Å². The van der Waals surface area contributed by atoms with Gasteiger partial charge in [-0.2, -0.15) is 0 Å². The van der Waals surface area contributed by atoms with Crippen molar-refractivity contribution in [3.8, 4) is 0 Å². The number of anilines is 2. The highest BCUT2D eigenvalue weighted by atomic mass is 16.2. The van der Waals surface area contributed by atoms with Crippen molar-refractivity contribution in [2.24, 2.45) is 5.73 Å². The van der Waals surface area contributed by atoms with E-state index in [1.165, 1.54) is 25.5 Å². The van der Waals surface area contributed by atoms with Gasteiger partial charge in [-0.25, -0.2) is 0 Å². The Hall–Kier alpha value is -3.22. The first-order chi connectivity index (χ1) is 13.1. The van der Waals surface area contributed by atoms with Gasteiger partial charge in [0.2, 0.25) is 0 Å². The number of carbonyl (C=O) groups is 1. The highest BCUT2D eigenvalue weighted by molar-refractivity contribution is 6.04. The number of pyridine rings is 1. The van der Waals surface area contributed by atoms with E-state index in [0.29, 0.717) is 16.8 Å². The molecular formula is C20H25N5O2. The highest BCUT2D eigenvalue weighted by Crippen LogP contribution is 2.20. The fraction of sp³-hybridized carbons (Fsp3) is 0.300. The molecule has 0 radical (unpaired) electrons. The lowest BCUT2D eigenvalue weighted by atomic mass is 10.1. The summed E-state index contributed by atoms with van der Waals surface area (Å²) in [6, 6.07) is 9.08. The number of rotatable bonds is 5. The second kappa shape index (κ2) is 8.44. The largest absolute Gasteiger partial charge is 0.403 e. The van der Waals surface area contributed by atoms with Gasteiger partial charge < -0.3 is 26.3 Å². The fourth-order valence-electron chi connectivity index (χ4n) is 3.23. The number of benzene rings is 1. The van der Waals surface area contributed by atoms with Gasteiger partial charge in [-0.05, 0) is 49.6 Å². The maximum atomic E-state index is 12.5. The second-order valence-corrected chi connectivity index (χ2v) is 6.51. The number of hydrogen-bond acceptors (Lipinski definition) is 5. The predicted molar refractivity (Wildman–Crippen MR) is 109 cm³/mol. The lowest BCUT2D eigenvalue weighted by molar-refractivity contribution is 0.102. The molecule has 3 rings (SSSR count). The minimum Gasteiger partial charge on any atom is -0.403 e. The van der Waals surface area contributed by atoms with Gasteiger partial charge in [-0.1, -0.05) is 0 Å². The van der Waals surface area contributed by atoms with Crippen LogP contribution in [0.2, 0.25) is 0 Å². The molecule has 1 aromatic heterocycles. The van der Waals surface area contributed by atoms with Crippen LogP contribution in [0.3, 0.4) is 0 Å². The smallest absolute Gasteiger partial charge is 0.271 e. The van der Waals surface area contributed by atoms with E-state index < -0.39 is 0 Å². The number of nitrogens with two attached hydrogens (primary N) is 1. The average molecular weight is 367 g/mol.